The molecule has 0 aliphatic rings. The van der Waals surface area contributed by atoms with Gasteiger partial charge in [-0.05, 0) is 95.4 Å². The summed E-state index contributed by atoms with van der Waals surface area (Å²) in [7, 11) is 0. The first kappa shape index (κ1) is 39.7. The molecule has 70 heavy (non-hydrogen) atoms. The summed E-state index contributed by atoms with van der Waals surface area (Å²) in [5.74, 6) is 0.678. The summed E-state index contributed by atoms with van der Waals surface area (Å²) in [6.07, 6.45) is 0. The molecular weight excluding hydrogens is 851 g/mol. The van der Waals surface area contributed by atoms with Crippen LogP contribution in [0.2, 0.25) is 0 Å². The van der Waals surface area contributed by atoms with Crippen molar-refractivity contribution in [3.05, 3.63) is 249 Å². The Bertz CT molecular complexity index is 4250. The minimum absolute atomic E-state index is 0.678. The van der Waals surface area contributed by atoms with Crippen LogP contribution in [-0.4, -0.2) is 24.1 Å². The summed E-state index contributed by atoms with van der Waals surface area (Å²) in [4.78, 5) is 15.9. The van der Waals surface area contributed by atoms with Gasteiger partial charge in [0.1, 0.15) is 0 Å². The Balaban J connectivity index is 0.864. The fourth-order valence-corrected chi connectivity index (χ4v) is 10.6. The molecule has 0 atom stereocenters. The normalized spacial score (nSPS) is 11.7. The van der Waals surface area contributed by atoms with Crippen LogP contribution in [0.4, 0.5) is 0 Å². The van der Waals surface area contributed by atoms with Crippen molar-refractivity contribution in [3.8, 4) is 67.7 Å². The van der Waals surface area contributed by atoms with Crippen molar-refractivity contribution in [2.45, 2.75) is 0 Å². The standard InChI is InChI=1S/C65H41N5/c1-4-16-43(17-5-1)57-41-58(68-65(67-57)46-32-35-49(36-33-46)69-60-25-13-10-22-51(60)52-23-11-14-26-61(52)69)44-30-28-42(29-31-44)47-34-37-50-54-40-63-55(39-56(54)64(66-59(50)38-47)45-18-6-2-7-19-45)53-24-12-15-27-62(53)70(63)48-20-8-3-9-21-48/h1-41H. The van der Waals surface area contributed by atoms with E-state index in [4.69, 9.17) is 15.0 Å². The lowest BCUT2D eigenvalue weighted by molar-refractivity contribution is 1.16. The van der Waals surface area contributed by atoms with E-state index in [1.165, 1.54) is 49.0 Å². The molecule has 5 nitrogen and oxygen atoms in total. The van der Waals surface area contributed by atoms with Gasteiger partial charge in [-0.2, -0.15) is 0 Å². The van der Waals surface area contributed by atoms with E-state index >= 15 is 0 Å². The smallest absolute Gasteiger partial charge is 0.160 e. The van der Waals surface area contributed by atoms with Crippen molar-refractivity contribution in [3.63, 3.8) is 0 Å². The molecule has 0 radical (unpaired) electrons. The highest BCUT2D eigenvalue weighted by Crippen LogP contribution is 2.41. The van der Waals surface area contributed by atoms with Gasteiger partial charge in [0.25, 0.3) is 0 Å². The van der Waals surface area contributed by atoms with E-state index in [1.54, 1.807) is 0 Å². The highest BCUT2D eigenvalue weighted by molar-refractivity contribution is 6.20. The number of pyridine rings is 1. The first-order valence-corrected chi connectivity index (χ1v) is 23.8. The van der Waals surface area contributed by atoms with Crippen molar-refractivity contribution in [1.29, 1.82) is 0 Å². The molecule has 5 heteroatoms. The molecule has 10 aromatic carbocycles. The molecule has 4 heterocycles. The maximum atomic E-state index is 5.48. The maximum Gasteiger partial charge on any atom is 0.160 e. The van der Waals surface area contributed by atoms with E-state index in [9.17, 15) is 0 Å². The third-order valence-electron chi connectivity index (χ3n) is 13.9. The van der Waals surface area contributed by atoms with Crippen LogP contribution in [0.1, 0.15) is 0 Å². The third kappa shape index (κ3) is 6.51. The van der Waals surface area contributed by atoms with Gasteiger partial charge in [0, 0.05) is 65.9 Å². The zero-order valence-corrected chi connectivity index (χ0v) is 37.9. The molecule has 0 spiro atoms. The molecule has 4 aromatic heterocycles. The lowest BCUT2D eigenvalue weighted by Crippen LogP contribution is -1.97. The van der Waals surface area contributed by atoms with Gasteiger partial charge in [-0.1, -0.05) is 170 Å². The van der Waals surface area contributed by atoms with Gasteiger partial charge in [-0.15, -0.1) is 0 Å². The molecular formula is C65H41N5. The third-order valence-corrected chi connectivity index (χ3v) is 13.9. The number of nitrogens with zero attached hydrogens (tertiary/aromatic N) is 5. The molecule has 0 saturated carbocycles. The van der Waals surface area contributed by atoms with Crippen LogP contribution < -0.4 is 0 Å². The molecule has 0 unspecified atom stereocenters. The van der Waals surface area contributed by atoms with E-state index in [0.717, 1.165) is 78.1 Å². The van der Waals surface area contributed by atoms with E-state index < -0.39 is 0 Å². The first-order valence-electron chi connectivity index (χ1n) is 23.8. The number of hydrogen-bond acceptors (Lipinski definition) is 3. The SMILES string of the molecule is c1ccc(-c2cc(-c3ccc(-c4ccc5c(c4)nc(-c4ccccc4)c4cc6c7ccccc7n(-c7ccccc7)c6cc45)cc3)nc(-c3ccc(-n4c5ccccc5c5ccccc54)cc3)n2)cc1. The molecule has 0 saturated heterocycles. The molecule has 0 amide bonds. The van der Waals surface area contributed by atoms with Gasteiger partial charge in [-0.3, -0.25) is 0 Å². The molecule has 0 aliphatic carbocycles. The largest absolute Gasteiger partial charge is 0.309 e. The number of fused-ring (bicyclic) bond motifs is 9. The zero-order valence-electron chi connectivity index (χ0n) is 37.9. The molecule has 0 fully saturated rings. The van der Waals surface area contributed by atoms with E-state index in [2.05, 4.69) is 252 Å². The molecule has 326 valence electrons. The summed E-state index contributed by atoms with van der Waals surface area (Å²) in [6.45, 7) is 0. The fraction of sp³-hybridized carbons (Fsp3) is 0. The second kappa shape index (κ2) is 16.1. The number of para-hydroxylation sites is 4. The highest BCUT2D eigenvalue weighted by Gasteiger charge is 2.19. The van der Waals surface area contributed by atoms with Crippen LogP contribution in [0.25, 0.3) is 133 Å². The first-order chi connectivity index (χ1) is 34.7. The average Bonchev–Trinajstić information content (AvgIpc) is 3.95. The summed E-state index contributed by atoms with van der Waals surface area (Å²) in [5, 5.41) is 8.34. The second-order valence-electron chi connectivity index (χ2n) is 18.0. The van der Waals surface area contributed by atoms with Crippen molar-refractivity contribution >= 4 is 65.3 Å². The van der Waals surface area contributed by atoms with Crippen molar-refractivity contribution in [2.24, 2.45) is 0 Å². The molecule has 14 rings (SSSR count). The Morgan fingerprint density at radius 3 is 1.34 bits per heavy atom. The molecule has 14 aromatic rings. The predicted molar refractivity (Wildman–Crippen MR) is 291 cm³/mol. The number of hydrogen-bond donors (Lipinski definition) is 0. The van der Waals surface area contributed by atoms with Crippen molar-refractivity contribution in [1.82, 2.24) is 24.1 Å². The highest BCUT2D eigenvalue weighted by atomic mass is 15.0. The topological polar surface area (TPSA) is 48.5 Å². The Labute approximate surface area is 403 Å². The van der Waals surface area contributed by atoms with Gasteiger partial charge in [0.15, 0.2) is 5.82 Å². The minimum atomic E-state index is 0.678. The Morgan fingerprint density at radius 1 is 0.243 bits per heavy atom. The molecule has 0 N–H and O–H groups in total. The lowest BCUT2D eigenvalue weighted by atomic mass is 9.95. The summed E-state index contributed by atoms with van der Waals surface area (Å²) >= 11 is 0. The number of benzene rings is 10. The van der Waals surface area contributed by atoms with Crippen LogP contribution in [0.15, 0.2) is 249 Å². The fourth-order valence-electron chi connectivity index (χ4n) is 10.6. The van der Waals surface area contributed by atoms with E-state index in [-0.39, 0.29) is 0 Å². The molecule has 0 aliphatic heterocycles. The maximum absolute atomic E-state index is 5.48. The van der Waals surface area contributed by atoms with Gasteiger partial charge in [0.05, 0.1) is 44.7 Å². The summed E-state index contributed by atoms with van der Waals surface area (Å²) in [5.41, 5.74) is 16.9. The predicted octanol–water partition coefficient (Wildman–Crippen LogP) is 16.7. The number of rotatable bonds is 7. The van der Waals surface area contributed by atoms with E-state index in [1.807, 2.05) is 6.07 Å². The van der Waals surface area contributed by atoms with Crippen LogP contribution >= 0.6 is 0 Å². The summed E-state index contributed by atoms with van der Waals surface area (Å²) < 4.78 is 4.73. The Kier molecular flexibility index (Phi) is 9.14. The van der Waals surface area contributed by atoms with Gasteiger partial charge < -0.3 is 9.13 Å². The monoisotopic (exact) mass is 891 g/mol. The summed E-state index contributed by atoms with van der Waals surface area (Å²) in [6, 6.07) is 88.5. The van der Waals surface area contributed by atoms with Crippen LogP contribution in [0.5, 0.6) is 0 Å². The lowest BCUT2D eigenvalue weighted by Gasteiger charge is -2.14. The molecule has 0 bridgehead atoms. The van der Waals surface area contributed by atoms with Crippen LogP contribution in [-0.2, 0) is 0 Å². The minimum Gasteiger partial charge on any atom is -0.309 e. The average molecular weight is 892 g/mol. The van der Waals surface area contributed by atoms with Crippen LogP contribution in [0.3, 0.4) is 0 Å². The zero-order chi connectivity index (χ0) is 46.1. The van der Waals surface area contributed by atoms with Gasteiger partial charge in [-0.25, -0.2) is 15.0 Å². The van der Waals surface area contributed by atoms with Crippen LogP contribution in [0, 0.1) is 0 Å². The van der Waals surface area contributed by atoms with Crippen molar-refractivity contribution in [2.75, 3.05) is 0 Å². The Hall–Kier alpha value is -9.45. The Morgan fingerprint density at radius 2 is 0.714 bits per heavy atom. The quantitative estimate of drug-likeness (QED) is 0.150. The van der Waals surface area contributed by atoms with E-state index in [0.29, 0.717) is 5.82 Å². The van der Waals surface area contributed by atoms with Gasteiger partial charge >= 0.3 is 0 Å². The second-order valence-corrected chi connectivity index (χ2v) is 18.0. The van der Waals surface area contributed by atoms with Gasteiger partial charge in [0.2, 0.25) is 0 Å². The number of aromatic nitrogens is 5. The van der Waals surface area contributed by atoms with Crippen molar-refractivity contribution < 1.29 is 0 Å².